The van der Waals surface area contributed by atoms with Crippen molar-refractivity contribution in [2.24, 2.45) is 0 Å². The summed E-state index contributed by atoms with van der Waals surface area (Å²) in [5, 5.41) is 10.1. The van der Waals surface area contributed by atoms with Crippen LogP contribution in [-0.2, 0) is 11.2 Å². The Hall–Kier alpha value is -2.01. The Morgan fingerprint density at radius 1 is 1.45 bits per heavy atom. The van der Waals surface area contributed by atoms with E-state index in [0.717, 1.165) is 12.0 Å². The van der Waals surface area contributed by atoms with Gasteiger partial charge in [-0.05, 0) is 37.6 Å². The number of aromatic amines is 1. The Morgan fingerprint density at radius 2 is 2.15 bits per heavy atom. The third kappa shape index (κ3) is 3.51. The van der Waals surface area contributed by atoms with Crippen molar-refractivity contribution in [2.75, 3.05) is 5.32 Å². The lowest BCUT2D eigenvalue weighted by Gasteiger charge is -2.14. The van der Waals surface area contributed by atoms with Gasteiger partial charge >= 0.3 is 0 Å². The van der Waals surface area contributed by atoms with Crippen LogP contribution in [0.3, 0.4) is 0 Å². The Balaban J connectivity index is 1.97. The number of amides is 1. The monoisotopic (exact) mass is 293 g/mol. The molecule has 20 heavy (non-hydrogen) atoms. The summed E-state index contributed by atoms with van der Waals surface area (Å²) in [4.78, 5) is 12.0. The van der Waals surface area contributed by atoms with Gasteiger partial charge in [0.05, 0.1) is 6.20 Å². The van der Waals surface area contributed by atoms with Crippen LogP contribution in [0.15, 0.2) is 30.5 Å². The number of aryl methyl sites for hydroxylation is 1. The molecular formula is C14H16ClN3O2. The second-order valence-corrected chi connectivity index (χ2v) is 4.76. The fraction of sp³-hybridized carbons (Fsp3) is 0.286. The van der Waals surface area contributed by atoms with E-state index >= 15 is 0 Å². The van der Waals surface area contributed by atoms with Crippen molar-refractivity contribution in [1.29, 1.82) is 0 Å². The molecule has 0 fully saturated rings. The summed E-state index contributed by atoms with van der Waals surface area (Å²) < 4.78 is 5.55. The summed E-state index contributed by atoms with van der Waals surface area (Å²) in [7, 11) is 0. The number of halogens is 1. The lowest BCUT2D eigenvalue weighted by atomic mass is 10.2. The van der Waals surface area contributed by atoms with Gasteiger partial charge in [0.2, 0.25) is 0 Å². The van der Waals surface area contributed by atoms with Crippen molar-refractivity contribution in [3.63, 3.8) is 0 Å². The molecule has 106 valence electrons. The molecule has 0 aliphatic rings. The third-order valence-electron chi connectivity index (χ3n) is 2.84. The molecule has 0 bridgehead atoms. The molecule has 2 N–H and O–H groups in total. The van der Waals surface area contributed by atoms with Crippen LogP contribution in [0.25, 0.3) is 0 Å². The van der Waals surface area contributed by atoms with Crippen LogP contribution in [0, 0.1) is 0 Å². The number of H-pyrrole nitrogens is 1. The first-order valence-corrected chi connectivity index (χ1v) is 6.73. The first-order chi connectivity index (χ1) is 9.60. The van der Waals surface area contributed by atoms with Crippen LogP contribution >= 0.6 is 11.6 Å². The highest BCUT2D eigenvalue weighted by Crippen LogP contribution is 2.17. The number of benzene rings is 1. The molecule has 1 amide bonds. The molecule has 0 aliphatic heterocycles. The molecule has 1 atom stereocenters. The summed E-state index contributed by atoms with van der Waals surface area (Å²) in [6.45, 7) is 3.68. The highest BCUT2D eigenvalue weighted by Gasteiger charge is 2.16. The van der Waals surface area contributed by atoms with Gasteiger partial charge in [0.15, 0.2) is 6.10 Å². The molecular weight excluding hydrogens is 278 g/mol. The zero-order valence-corrected chi connectivity index (χ0v) is 12.1. The van der Waals surface area contributed by atoms with Gasteiger partial charge in [0.1, 0.15) is 11.6 Å². The van der Waals surface area contributed by atoms with Crippen molar-refractivity contribution < 1.29 is 9.53 Å². The summed E-state index contributed by atoms with van der Waals surface area (Å²) in [5.74, 6) is 0.973. The Labute approximate surface area is 122 Å². The number of nitrogens with zero attached hydrogens (tertiary/aromatic N) is 1. The first-order valence-electron chi connectivity index (χ1n) is 6.35. The van der Waals surface area contributed by atoms with E-state index in [1.165, 1.54) is 0 Å². The van der Waals surface area contributed by atoms with E-state index in [9.17, 15) is 4.79 Å². The molecule has 0 saturated carbocycles. The predicted octanol–water partition coefficient (Wildman–Crippen LogP) is 3.03. The lowest BCUT2D eigenvalue weighted by molar-refractivity contribution is -0.122. The minimum atomic E-state index is -0.621. The van der Waals surface area contributed by atoms with E-state index in [0.29, 0.717) is 16.6 Å². The number of anilines is 1. The summed E-state index contributed by atoms with van der Waals surface area (Å²) in [6, 6.07) is 6.87. The standard InChI is InChI=1S/C14H16ClN3O2/c1-3-10-8-16-18-13(10)17-14(19)9(2)20-12-6-4-11(15)5-7-12/h4-9H,3H2,1-2H3,(H2,16,17,18,19). The highest BCUT2D eigenvalue weighted by molar-refractivity contribution is 6.30. The normalized spacial score (nSPS) is 11.9. The van der Waals surface area contributed by atoms with Gasteiger partial charge in [-0.25, -0.2) is 0 Å². The molecule has 0 radical (unpaired) electrons. The number of carbonyl (C=O) groups is 1. The number of carbonyl (C=O) groups excluding carboxylic acids is 1. The molecule has 0 spiro atoms. The van der Waals surface area contributed by atoms with Crippen molar-refractivity contribution in [2.45, 2.75) is 26.4 Å². The van der Waals surface area contributed by atoms with E-state index in [2.05, 4.69) is 15.5 Å². The minimum absolute atomic E-state index is 0.237. The Bertz CT molecular complexity index is 580. The number of rotatable bonds is 5. The third-order valence-corrected chi connectivity index (χ3v) is 3.09. The topological polar surface area (TPSA) is 67.0 Å². The zero-order valence-electron chi connectivity index (χ0n) is 11.3. The van der Waals surface area contributed by atoms with Gasteiger partial charge in [-0.2, -0.15) is 5.10 Å². The molecule has 1 aromatic carbocycles. The molecule has 2 rings (SSSR count). The molecule has 2 aromatic rings. The number of hydrogen-bond donors (Lipinski definition) is 2. The van der Waals surface area contributed by atoms with Crippen molar-refractivity contribution in [1.82, 2.24) is 10.2 Å². The van der Waals surface area contributed by atoms with Gasteiger partial charge < -0.3 is 10.1 Å². The van der Waals surface area contributed by atoms with Crippen molar-refractivity contribution in [3.8, 4) is 5.75 Å². The second kappa shape index (κ2) is 6.43. The van der Waals surface area contributed by atoms with Crippen LogP contribution < -0.4 is 10.1 Å². The second-order valence-electron chi connectivity index (χ2n) is 4.33. The van der Waals surface area contributed by atoms with Crippen LogP contribution in [0.4, 0.5) is 5.82 Å². The highest BCUT2D eigenvalue weighted by atomic mass is 35.5. The lowest BCUT2D eigenvalue weighted by Crippen LogP contribution is -2.30. The first kappa shape index (κ1) is 14.4. The van der Waals surface area contributed by atoms with Crippen molar-refractivity contribution in [3.05, 3.63) is 41.0 Å². The largest absolute Gasteiger partial charge is 0.481 e. The molecule has 1 heterocycles. The van der Waals surface area contributed by atoms with Crippen LogP contribution in [0.1, 0.15) is 19.4 Å². The maximum atomic E-state index is 12.0. The maximum absolute atomic E-state index is 12.0. The average molecular weight is 294 g/mol. The quantitative estimate of drug-likeness (QED) is 0.890. The fourth-order valence-corrected chi connectivity index (χ4v) is 1.81. The molecule has 5 nitrogen and oxygen atoms in total. The summed E-state index contributed by atoms with van der Waals surface area (Å²) >= 11 is 5.79. The molecule has 0 aliphatic carbocycles. The predicted molar refractivity (Wildman–Crippen MR) is 78.1 cm³/mol. The summed E-state index contributed by atoms with van der Waals surface area (Å²) in [5.41, 5.74) is 0.956. The number of hydrogen-bond acceptors (Lipinski definition) is 3. The molecule has 6 heteroatoms. The average Bonchev–Trinajstić information content (AvgIpc) is 2.88. The Kier molecular flexibility index (Phi) is 4.63. The maximum Gasteiger partial charge on any atom is 0.266 e. The number of ether oxygens (including phenoxy) is 1. The minimum Gasteiger partial charge on any atom is -0.481 e. The molecule has 1 aromatic heterocycles. The van der Waals surface area contributed by atoms with Crippen LogP contribution in [0.5, 0.6) is 5.75 Å². The smallest absolute Gasteiger partial charge is 0.266 e. The van der Waals surface area contributed by atoms with E-state index < -0.39 is 6.10 Å². The van der Waals surface area contributed by atoms with E-state index in [-0.39, 0.29) is 5.91 Å². The number of nitrogens with one attached hydrogen (secondary N) is 2. The van der Waals surface area contributed by atoms with Gasteiger partial charge in [0.25, 0.3) is 5.91 Å². The van der Waals surface area contributed by atoms with E-state index in [4.69, 9.17) is 16.3 Å². The van der Waals surface area contributed by atoms with Crippen molar-refractivity contribution >= 4 is 23.3 Å². The van der Waals surface area contributed by atoms with Gasteiger partial charge in [-0.15, -0.1) is 0 Å². The zero-order chi connectivity index (χ0) is 14.5. The van der Waals surface area contributed by atoms with Gasteiger partial charge in [-0.3, -0.25) is 9.89 Å². The van der Waals surface area contributed by atoms with Gasteiger partial charge in [-0.1, -0.05) is 18.5 Å². The van der Waals surface area contributed by atoms with Gasteiger partial charge in [0, 0.05) is 10.6 Å². The summed E-state index contributed by atoms with van der Waals surface area (Å²) in [6.07, 6.45) is 1.86. The van der Waals surface area contributed by atoms with Crippen LogP contribution in [-0.4, -0.2) is 22.2 Å². The number of aromatic nitrogens is 2. The molecule has 1 unspecified atom stereocenters. The Morgan fingerprint density at radius 3 is 2.80 bits per heavy atom. The SMILES string of the molecule is CCc1cn[nH]c1NC(=O)C(C)Oc1ccc(Cl)cc1. The van der Waals surface area contributed by atoms with E-state index in [1.54, 1.807) is 37.4 Å². The van der Waals surface area contributed by atoms with E-state index in [1.807, 2.05) is 6.92 Å². The van der Waals surface area contributed by atoms with Crippen LogP contribution in [0.2, 0.25) is 5.02 Å². The molecule has 0 saturated heterocycles. The fourth-order valence-electron chi connectivity index (χ4n) is 1.68.